The van der Waals surface area contributed by atoms with Crippen LogP contribution in [0.5, 0.6) is 0 Å². The number of unbranched alkanes of at least 4 members (excludes halogenated alkanes) is 1. The maximum absolute atomic E-state index is 6.27. The first-order chi connectivity index (χ1) is 9.06. The largest absolute Gasteiger partial charge is 0.327 e. The molecule has 19 heavy (non-hydrogen) atoms. The molecule has 1 nitrogen and oxygen atoms in total. The highest BCUT2D eigenvalue weighted by molar-refractivity contribution is 6.35. The van der Waals surface area contributed by atoms with Crippen molar-refractivity contribution in [3.8, 4) is 0 Å². The summed E-state index contributed by atoms with van der Waals surface area (Å²) < 4.78 is 0. The van der Waals surface area contributed by atoms with Gasteiger partial charge in [-0.05, 0) is 36.5 Å². The van der Waals surface area contributed by atoms with Gasteiger partial charge < -0.3 is 5.73 Å². The molecule has 0 aromatic heterocycles. The molecule has 0 aliphatic heterocycles. The lowest BCUT2D eigenvalue weighted by molar-refractivity contribution is 0.383. The second-order valence-electron chi connectivity index (χ2n) is 5.35. The highest BCUT2D eigenvalue weighted by atomic mass is 35.5. The maximum atomic E-state index is 6.27. The Morgan fingerprint density at radius 1 is 1.21 bits per heavy atom. The summed E-state index contributed by atoms with van der Waals surface area (Å²) in [6.45, 7) is 4.49. The molecule has 0 aliphatic rings. The molecule has 1 rings (SSSR count). The van der Waals surface area contributed by atoms with Crippen molar-refractivity contribution >= 4 is 23.2 Å². The van der Waals surface area contributed by atoms with Gasteiger partial charge in [-0.25, -0.2) is 0 Å². The third-order valence-corrected chi connectivity index (χ3v) is 4.26. The van der Waals surface area contributed by atoms with E-state index >= 15 is 0 Å². The summed E-state index contributed by atoms with van der Waals surface area (Å²) in [4.78, 5) is 0. The zero-order valence-electron chi connectivity index (χ0n) is 12.0. The zero-order valence-corrected chi connectivity index (χ0v) is 13.5. The summed E-state index contributed by atoms with van der Waals surface area (Å²) in [6.07, 6.45) is 6.97. The Morgan fingerprint density at radius 3 is 2.53 bits per heavy atom. The number of nitrogens with two attached hydrogens (primary N) is 1. The molecule has 0 saturated carbocycles. The first-order valence-electron chi connectivity index (χ1n) is 7.26. The normalized spacial score (nSPS) is 14.4. The molecule has 3 heteroatoms. The molecule has 0 amide bonds. The molecule has 0 fully saturated rings. The van der Waals surface area contributed by atoms with Crippen LogP contribution in [0.15, 0.2) is 18.2 Å². The van der Waals surface area contributed by atoms with Gasteiger partial charge in [0.1, 0.15) is 0 Å². The molecule has 0 spiro atoms. The van der Waals surface area contributed by atoms with Crippen LogP contribution in [0.4, 0.5) is 0 Å². The van der Waals surface area contributed by atoms with Gasteiger partial charge in [-0.15, -0.1) is 0 Å². The van der Waals surface area contributed by atoms with Gasteiger partial charge >= 0.3 is 0 Å². The molecule has 108 valence electrons. The average Bonchev–Trinajstić information content (AvgIpc) is 2.38. The topological polar surface area (TPSA) is 26.0 Å². The first-order valence-corrected chi connectivity index (χ1v) is 8.01. The fourth-order valence-electron chi connectivity index (χ4n) is 2.46. The Balaban J connectivity index is 2.51. The van der Waals surface area contributed by atoms with Crippen molar-refractivity contribution in [3.05, 3.63) is 33.8 Å². The molecular weight excluding hydrogens is 277 g/mol. The van der Waals surface area contributed by atoms with Crippen molar-refractivity contribution in [1.29, 1.82) is 0 Å². The fourth-order valence-corrected chi connectivity index (χ4v) is 2.95. The van der Waals surface area contributed by atoms with E-state index in [1.807, 2.05) is 12.1 Å². The van der Waals surface area contributed by atoms with Crippen LogP contribution >= 0.6 is 23.2 Å². The maximum Gasteiger partial charge on any atom is 0.0453 e. The van der Waals surface area contributed by atoms with Crippen molar-refractivity contribution in [2.24, 2.45) is 11.7 Å². The Hall–Kier alpha value is -0.240. The van der Waals surface area contributed by atoms with Gasteiger partial charge in [0, 0.05) is 16.1 Å². The number of halogens is 2. The molecule has 0 bridgehead atoms. The first kappa shape index (κ1) is 16.8. The highest BCUT2D eigenvalue weighted by Gasteiger charge is 2.13. The average molecular weight is 302 g/mol. The summed E-state index contributed by atoms with van der Waals surface area (Å²) in [6, 6.07) is 5.83. The van der Waals surface area contributed by atoms with Crippen LogP contribution in [0.2, 0.25) is 10.0 Å². The molecular formula is C16H25Cl2N. The molecule has 0 aliphatic carbocycles. The van der Waals surface area contributed by atoms with Gasteiger partial charge in [-0.3, -0.25) is 0 Å². The van der Waals surface area contributed by atoms with Crippen LogP contribution in [-0.2, 0) is 6.42 Å². The van der Waals surface area contributed by atoms with Crippen molar-refractivity contribution in [2.75, 3.05) is 0 Å². The molecule has 1 aromatic rings. The van der Waals surface area contributed by atoms with Gasteiger partial charge in [0.2, 0.25) is 0 Å². The van der Waals surface area contributed by atoms with E-state index < -0.39 is 0 Å². The summed E-state index contributed by atoms with van der Waals surface area (Å²) in [5, 5.41) is 1.40. The molecule has 2 unspecified atom stereocenters. The molecule has 2 N–H and O–H groups in total. The predicted molar refractivity (Wildman–Crippen MR) is 86.1 cm³/mol. The third kappa shape index (κ3) is 6.16. The monoisotopic (exact) mass is 301 g/mol. The lowest BCUT2D eigenvalue weighted by Gasteiger charge is -2.20. The van der Waals surface area contributed by atoms with E-state index in [1.165, 1.54) is 25.7 Å². The van der Waals surface area contributed by atoms with Gasteiger partial charge in [-0.1, -0.05) is 68.8 Å². The Labute approximate surface area is 127 Å². The third-order valence-electron chi connectivity index (χ3n) is 3.68. The zero-order chi connectivity index (χ0) is 14.3. The predicted octanol–water partition coefficient (Wildman–Crippen LogP) is 5.47. The van der Waals surface area contributed by atoms with Gasteiger partial charge in [-0.2, -0.15) is 0 Å². The summed E-state index contributed by atoms with van der Waals surface area (Å²) in [7, 11) is 0. The quantitative estimate of drug-likeness (QED) is 0.677. The van der Waals surface area contributed by atoms with Crippen molar-refractivity contribution in [1.82, 2.24) is 0 Å². The Morgan fingerprint density at radius 2 is 1.95 bits per heavy atom. The van der Waals surface area contributed by atoms with E-state index in [0.29, 0.717) is 5.02 Å². The van der Waals surface area contributed by atoms with Crippen LogP contribution < -0.4 is 5.73 Å². The molecule has 1 aromatic carbocycles. The molecule has 0 radical (unpaired) electrons. The van der Waals surface area contributed by atoms with Crippen LogP contribution in [0.3, 0.4) is 0 Å². The van der Waals surface area contributed by atoms with Gasteiger partial charge in [0.25, 0.3) is 0 Å². The van der Waals surface area contributed by atoms with Crippen LogP contribution in [0.1, 0.15) is 51.5 Å². The lowest BCUT2D eigenvalue weighted by Crippen LogP contribution is -2.26. The lowest BCUT2D eigenvalue weighted by atomic mass is 9.90. The van der Waals surface area contributed by atoms with Crippen molar-refractivity contribution < 1.29 is 0 Å². The molecule has 2 atom stereocenters. The summed E-state index contributed by atoms with van der Waals surface area (Å²) >= 11 is 12.1. The Kier molecular flexibility index (Phi) is 7.82. The van der Waals surface area contributed by atoms with E-state index in [1.54, 1.807) is 6.07 Å². The Bertz CT molecular complexity index is 379. The second kappa shape index (κ2) is 8.84. The SMILES string of the molecule is CCCCC(CC)CC(N)Cc1ccc(Cl)cc1Cl. The number of benzene rings is 1. The van der Waals surface area contributed by atoms with E-state index in [-0.39, 0.29) is 6.04 Å². The number of hydrogen-bond donors (Lipinski definition) is 1. The minimum atomic E-state index is 0.181. The van der Waals surface area contributed by atoms with E-state index in [4.69, 9.17) is 28.9 Å². The van der Waals surface area contributed by atoms with Crippen LogP contribution in [0, 0.1) is 5.92 Å². The highest BCUT2D eigenvalue weighted by Crippen LogP contribution is 2.24. The van der Waals surface area contributed by atoms with E-state index in [2.05, 4.69) is 13.8 Å². The van der Waals surface area contributed by atoms with Gasteiger partial charge in [0.15, 0.2) is 0 Å². The smallest absolute Gasteiger partial charge is 0.0453 e. The standard InChI is InChI=1S/C16H25Cl2N/c1-3-5-6-12(4-2)9-15(19)10-13-7-8-14(17)11-16(13)18/h7-8,11-12,15H,3-6,9-10,19H2,1-2H3. The van der Waals surface area contributed by atoms with Crippen molar-refractivity contribution in [3.63, 3.8) is 0 Å². The molecule has 0 heterocycles. The summed E-state index contributed by atoms with van der Waals surface area (Å²) in [5.74, 6) is 0.737. The molecule has 0 saturated heterocycles. The second-order valence-corrected chi connectivity index (χ2v) is 6.20. The minimum absolute atomic E-state index is 0.181. The fraction of sp³-hybridized carbons (Fsp3) is 0.625. The number of rotatable bonds is 8. The van der Waals surface area contributed by atoms with E-state index in [9.17, 15) is 0 Å². The van der Waals surface area contributed by atoms with Gasteiger partial charge in [0.05, 0.1) is 0 Å². The number of hydrogen-bond acceptors (Lipinski definition) is 1. The van der Waals surface area contributed by atoms with Crippen LogP contribution in [0.25, 0.3) is 0 Å². The van der Waals surface area contributed by atoms with Crippen LogP contribution in [-0.4, -0.2) is 6.04 Å². The minimum Gasteiger partial charge on any atom is -0.327 e. The van der Waals surface area contributed by atoms with Crippen molar-refractivity contribution in [2.45, 2.75) is 58.4 Å². The summed E-state index contributed by atoms with van der Waals surface area (Å²) in [5.41, 5.74) is 7.37. The van der Waals surface area contributed by atoms with E-state index in [0.717, 1.165) is 29.3 Å².